The van der Waals surface area contributed by atoms with E-state index in [-0.39, 0.29) is 5.91 Å². The minimum atomic E-state index is -0.476. The van der Waals surface area contributed by atoms with Crippen LogP contribution in [0.2, 0.25) is 0 Å². The van der Waals surface area contributed by atoms with Gasteiger partial charge in [0.25, 0.3) is 5.91 Å². The van der Waals surface area contributed by atoms with Crippen LogP contribution in [0.15, 0.2) is 54.9 Å². The lowest BCUT2D eigenvalue weighted by Gasteiger charge is -2.37. The van der Waals surface area contributed by atoms with E-state index in [2.05, 4.69) is 11.1 Å². The number of amides is 1. The van der Waals surface area contributed by atoms with Crippen LogP contribution in [0, 0.1) is 11.3 Å². The van der Waals surface area contributed by atoms with Crippen LogP contribution in [0.1, 0.15) is 28.8 Å². The number of likely N-dealkylation sites (tertiary alicyclic amines) is 1. The molecule has 4 heteroatoms. The molecule has 0 spiro atoms. The highest BCUT2D eigenvalue weighted by Gasteiger charge is 2.37. The molecule has 1 aliphatic heterocycles. The first-order chi connectivity index (χ1) is 10.7. The summed E-state index contributed by atoms with van der Waals surface area (Å²) in [6.07, 6.45) is 4.59. The van der Waals surface area contributed by atoms with E-state index in [0.717, 1.165) is 5.56 Å². The van der Waals surface area contributed by atoms with Crippen molar-refractivity contribution in [2.24, 2.45) is 0 Å². The number of nitrogens with zero attached hydrogens (tertiary/aromatic N) is 3. The average molecular weight is 291 g/mol. The second-order valence-electron chi connectivity index (χ2n) is 5.59. The Balaban J connectivity index is 1.75. The molecule has 1 aliphatic rings. The number of hydrogen-bond acceptors (Lipinski definition) is 3. The number of aromatic nitrogens is 1. The third kappa shape index (κ3) is 2.58. The summed E-state index contributed by atoms with van der Waals surface area (Å²) in [6, 6.07) is 15.8. The maximum Gasteiger partial charge on any atom is 0.253 e. The smallest absolute Gasteiger partial charge is 0.253 e. The molecule has 0 aliphatic carbocycles. The number of carbonyl (C=O) groups is 1. The molecule has 22 heavy (non-hydrogen) atoms. The first kappa shape index (κ1) is 14.3. The Morgan fingerprint density at radius 1 is 1.09 bits per heavy atom. The predicted molar refractivity (Wildman–Crippen MR) is 83.1 cm³/mol. The van der Waals surface area contributed by atoms with Gasteiger partial charge in [-0.3, -0.25) is 9.78 Å². The summed E-state index contributed by atoms with van der Waals surface area (Å²) < 4.78 is 0. The van der Waals surface area contributed by atoms with Gasteiger partial charge in [0.05, 0.1) is 11.5 Å². The van der Waals surface area contributed by atoms with Crippen molar-refractivity contribution >= 4 is 5.91 Å². The maximum absolute atomic E-state index is 12.5. The second-order valence-corrected chi connectivity index (χ2v) is 5.59. The Morgan fingerprint density at radius 2 is 1.73 bits per heavy atom. The standard InChI is InChI=1S/C18H17N3O/c19-14-18(16-4-2-1-3-5-16)8-12-21(13-9-18)17(22)15-6-10-20-11-7-15/h1-7,10-11H,8-9,12-13H2. The van der Waals surface area contributed by atoms with Crippen molar-refractivity contribution in [3.8, 4) is 6.07 Å². The SMILES string of the molecule is N#CC1(c2ccccc2)CCN(C(=O)c2ccncc2)CC1. The van der Waals surface area contributed by atoms with Gasteiger partial charge in [-0.2, -0.15) is 5.26 Å². The lowest BCUT2D eigenvalue weighted by atomic mass is 9.74. The van der Waals surface area contributed by atoms with E-state index in [1.165, 1.54) is 0 Å². The highest BCUT2D eigenvalue weighted by Crippen LogP contribution is 2.35. The van der Waals surface area contributed by atoms with Crippen molar-refractivity contribution in [3.63, 3.8) is 0 Å². The molecule has 0 radical (unpaired) electrons. The monoisotopic (exact) mass is 291 g/mol. The topological polar surface area (TPSA) is 57.0 Å². The summed E-state index contributed by atoms with van der Waals surface area (Å²) in [6.45, 7) is 1.20. The lowest BCUT2D eigenvalue weighted by molar-refractivity contribution is 0.0692. The van der Waals surface area contributed by atoms with Gasteiger partial charge >= 0.3 is 0 Å². The third-order valence-corrected chi connectivity index (χ3v) is 4.37. The zero-order chi connectivity index (χ0) is 15.4. The van der Waals surface area contributed by atoms with Crippen LogP contribution in [0.25, 0.3) is 0 Å². The summed E-state index contributed by atoms with van der Waals surface area (Å²) in [5.41, 5.74) is 1.23. The van der Waals surface area contributed by atoms with E-state index in [1.54, 1.807) is 24.5 Å². The van der Waals surface area contributed by atoms with E-state index in [1.807, 2.05) is 35.2 Å². The van der Waals surface area contributed by atoms with Crippen molar-refractivity contribution < 1.29 is 4.79 Å². The zero-order valence-electron chi connectivity index (χ0n) is 12.3. The number of hydrogen-bond donors (Lipinski definition) is 0. The van der Waals surface area contributed by atoms with Crippen LogP contribution in [-0.4, -0.2) is 28.9 Å². The summed E-state index contributed by atoms with van der Waals surface area (Å²) in [5, 5.41) is 9.68. The van der Waals surface area contributed by atoms with Gasteiger partial charge in [-0.05, 0) is 30.5 Å². The van der Waals surface area contributed by atoms with Gasteiger partial charge in [0.2, 0.25) is 0 Å². The van der Waals surface area contributed by atoms with E-state index >= 15 is 0 Å². The number of pyridine rings is 1. The Labute approximate surface area is 130 Å². The number of piperidine rings is 1. The van der Waals surface area contributed by atoms with E-state index in [9.17, 15) is 10.1 Å². The fraction of sp³-hybridized carbons (Fsp3) is 0.278. The molecule has 0 bridgehead atoms. The molecule has 0 unspecified atom stereocenters. The maximum atomic E-state index is 12.5. The fourth-order valence-corrected chi connectivity index (χ4v) is 2.99. The van der Waals surface area contributed by atoms with E-state index < -0.39 is 5.41 Å². The highest BCUT2D eigenvalue weighted by atomic mass is 16.2. The van der Waals surface area contributed by atoms with Gasteiger partial charge in [-0.15, -0.1) is 0 Å². The van der Waals surface area contributed by atoms with Gasteiger partial charge in [-0.25, -0.2) is 0 Å². The molecule has 0 saturated carbocycles. The first-order valence-electron chi connectivity index (χ1n) is 7.41. The largest absolute Gasteiger partial charge is 0.339 e. The van der Waals surface area contributed by atoms with Crippen molar-refractivity contribution in [1.29, 1.82) is 5.26 Å². The Hall–Kier alpha value is -2.67. The zero-order valence-corrected chi connectivity index (χ0v) is 12.3. The molecule has 2 heterocycles. The summed E-state index contributed by atoms with van der Waals surface area (Å²) in [5.74, 6) is 0.0157. The normalized spacial score (nSPS) is 16.8. The minimum absolute atomic E-state index is 0.0157. The molecule has 2 aromatic rings. The van der Waals surface area contributed by atoms with E-state index in [0.29, 0.717) is 31.5 Å². The summed E-state index contributed by atoms with van der Waals surface area (Å²) >= 11 is 0. The molecule has 1 saturated heterocycles. The van der Waals surface area contributed by atoms with E-state index in [4.69, 9.17) is 0 Å². The molecule has 110 valence electrons. The molecule has 1 aromatic carbocycles. The molecule has 0 atom stereocenters. The van der Waals surface area contributed by atoms with Crippen LogP contribution in [0.5, 0.6) is 0 Å². The molecular weight excluding hydrogens is 274 g/mol. The number of nitriles is 1. The molecule has 0 N–H and O–H groups in total. The molecule has 4 nitrogen and oxygen atoms in total. The summed E-state index contributed by atoms with van der Waals surface area (Å²) in [7, 11) is 0. The van der Waals surface area contributed by atoms with Crippen LogP contribution < -0.4 is 0 Å². The molecular formula is C18H17N3O. The number of rotatable bonds is 2. The Bertz CT molecular complexity index is 683. The Kier molecular flexibility index (Phi) is 3.88. The quantitative estimate of drug-likeness (QED) is 0.855. The van der Waals surface area contributed by atoms with Gasteiger partial charge in [0.15, 0.2) is 0 Å². The fourth-order valence-electron chi connectivity index (χ4n) is 2.99. The summed E-state index contributed by atoms with van der Waals surface area (Å²) in [4.78, 5) is 18.2. The van der Waals surface area contributed by atoms with Crippen molar-refractivity contribution in [1.82, 2.24) is 9.88 Å². The second kappa shape index (κ2) is 5.98. The van der Waals surface area contributed by atoms with Crippen molar-refractivity contribution in [3.05, 3.63) is 66.0 Å². The minimum Gasteiger partial charge on any atom is -0.339 e. The van der Waals surface area contributed by atoms with Crippen LogP contribution >= 0.6 is 0 Å². The third-order valence-electron chi connectivity index (χ3n) is 4.37. The lowest BCUT2D eigenvalue weighted by Crippen LogP contribution is -2.44. The molecule has 1 fully saturated rings. The van der Waals surface area contributed by atoms with Crippen LogP contribution in [0.3, 0.4) is 0 Å². The van der Waals surface area contributed by atoms with Gasteiger partial charge in [-0.1, -0.05) is 30.3 Å². The number of benzene rings is 1. The molecule has 3 rings (SSSR count). The van der Waals surface area contributed by atoms with Gasteiger partial charge in [0.1, 0.15) is 0 Å². The van der Waals surface area contributed by atoms with Gasteiger partial charge in [0, 0.05) is 31.0 Å². The number of carbonyl (C=O) groups excluding carboxylic acids is 1. The molecule has 1 aromatic heterocycles. The van der Waals surface area contributed by atoms with Crippen LogP contribution in [0.4, 0.5) is 0 Å². The predicted octanol–water partition coefficient (Wildman–Crippen LogP) is 2.78. The first-order valence-corrected chi connectivity index (χ1v) is 7.41. The average Bonchev–Trinajstić information content (AvgIpc) is 2.63. The van der Waals surface area contributed by atoms with Crippen molar-refractivity contribution in [2.75, 3.05) is 13.1 Å². The van der Waals surface area contributed by atoms with Crippen LogP contribution in [-0.2, 0) is 5.41 Å². The molecule has 1 amide bonds. The highest BCUT2D eigenvalue weighted by molar-refractivity contribution is 5.94. The van der Waals surface area contributed by atoms with Gasteiger partial charge < -0.3 is 4.90 Å². The van der Waals surface area contributed by atoms with Crippen molar-refractivity contribution in [2.45, 2.75) is 18.3 Å². The Morgan fingerprint density at radius 3 is 2.32 bits per heavy atom.